The molecule has 0 bridgehead atoms. The Hall–Kier alpha value is -1.33. The molecule has 1 aromatic heterocycles. The second kappa shape index (κ2) is 6.41. The number of benzene rings is 1. The minimum absolute atomic E-state index is 0.0727. The van der Waals surface area contributed by atoms with E-state index >= 15 is 0 Å². The zero-order valence-corrected chi connectivity index (χ0v) is 12.7. The molecule has 2 rings (SSSR count). The molecule has 0 saturated carbocycles. The molecule has 0 spiro atoms. The number of para-hydroxylation sites is 1. The lowest BCUT2D eigenvalue weighted by atomic mass is 10.2. The Morgan fingerprint density at radius 3 is 2.65 bits per heavy atom. The van der Waals surface area contributed by atoms with Crippen molar-refractivity contribution in [1.29, 1.82) is 0 Å². The van der Waals surface area contributed by atoms with Crippen LogP contribution in [0.15, 0.2) is 34.7 Å². The van der Waals surface area contributed by atoms with Gasteiger partial charge in [0.15, 0.2) is 9.84 Å². The number of nitrogens with one attached hydrogen (secondary N) is 1. The van der Waals surface area contributed by atoms with E-state index < -0.39 is 9.84 Å². The Labute approximate surface area is 120 Å². The SMILES string of the molecule is CCCNC(CS(=O)(=O)CC)c1cc2ccccc2o1. The summed E-state index contributed by atoms with van der Waals surface area (Å²) in [5, 5.41) is 4.26. The molecule has 0 radical (unpaired) electrons. The smallest absolute Gasteiger partial charge is 0.152 e. The molecule has 0 amide bonds. The number of fused-ring (bicyclic) bond motifs is 1. The minimum Gasteiger partial charge on any atom is -0.459 e. The van der Waals surface area contributed by atoms with E-state index in [0.717, 1.165) is 23.9 Å². The van der Waals surface area contributed by atoms with E-state index in [4.69, 9.17) is 4.42 Å². The molecule has 2 aromatic rings. The van der Waals surface area contributed by atoms with E-state index in [1.807, 2.05) is 30.3 Å². The van der Waals surface area contributed by atoms with E-state index in [2.05, 4.69) is 12.2 Å². The lowest BCUT2D eigenvalue weighted by molar-refractivity contribution is 0.449. The maximum Gasteiger partial charge on any atom is 0.152 e. The van der Waals surface area contributed by atoms with Crippen molar-refractivity contribution in [2.45, 2.75) is 26.3 Å². The molecule has 4 nitrogen and oxygen atoms in total. The fourth-order valence-corrected chi connectivity index (χ4v) is 3.13. The maximum absolute atomic E-state index is 11.9. The molecule has 0 aliphatic heterocycles. The van der Waals surface area contributed by atoms with Crippen LogP contribution in [0.5, 0.6) is 0 Å². The second-order valence-electron chi connectivity index (χ2n) is 4.89. The Balaban J connectivity index is 2.29. The number of sulfone groups is 1. The molecule has 1 N–H and O–H groups in total. The lowest BCUT2D eigenvalue weighted by Crippen LogP contribution is -2.29. The first-order valence-corrected chi connectivity index (χ1v) is 8.80. The lowest BCUT2D eigenvalue weighted by Gasteiger charge is -2.15. The van der Waals surface area contributed by atoms with Crippen molar-refractivity contribution < 1.29 is 12.8 Å². The third kappa shape index (κ3) is 3.61. The van der Waals surface area contributed by atoms with Gasteiger partial charge >= 0.3 is 0 Å². The summed E-state index contributed by atoms with van der Waals surface area (Å²) >= 11 is 0. The van der Waals surface area contributed by atoms with Gasteiger partial charge in [-0.05, 0) is 25.1 Å². The quantitative estimate of drug-likeness (QED) is 0.853. The number of rotatable bonds is 7. The largest absolute Gasteiger partial charge is 0.459 e. The summed E-state index contributed by atoms with van der Waals surface area (Å²) in [6.07, 6.45) is 0.947. The predicted octanol–water partition coefficient (Wildman–Crippen LogP) is 2.91. The van der Waals surface area contributed by atoms with Gasteiger partial charge < -0.3 is 9.73 Å². The third-order valence-electron chi connectivity index (χ3n) is 3.29. The fourth-order valence-electron chi connectivity index (χ4n) is 2.11. The molecule has 0 aliphatic rings. The zero-order chi connectivity index (χ0) is 14.6. The predicted molar refractivity (Wildman–Crippen MR) is 81.6 cm³/mol. The summed E-state index contributed by atoms with van der Waals surface area (Å²) in [4.78, 5) is 0. The van der Waals surface area contributed by atoms with Crippen molar-refractivity contribution in [3.63, 3.8) is 0 Å². The number of hydrogen-bond donors (Lipinski definition) is 1. The Kier molecular flexibility index (Phi) is 4.83. The Bertz CT molecular complexity index is 628. The van der Waals surface area contributed by atoms with Gasteiger partial charge in [-0.1, -0.05) is 32.0 Å². The van der Waals surface area contributed by atoms with Crippen LogP contribution in [-0.4, -0.2) is 26.5 Å². The monoisotopic (exact) mass is 295 g/mol. The van der Waals surface area contributed by atoms with Gasteiger partial charge in [0.2, 0.25) is 0 Å². The van der Waals surface area contributed by atoms with Gasteiger partial charge in [0.1, 0.15) is 11.3 Å². The van der Waals surface area contributed by atoms with Gasteiger partial charge in [-0.2, -0.15) is 0 Å². The molecule has 1 heterocycles. The van der Waals surface area contributed by atoms with Crippen LogP contribution in [0.4, 0.5) is 0 Å². The molecule has 1 aromatic carbocycles. The normalized spacial score (nSPS) is 13.7. The maximum atomic E-state index is 11.9. The number of furan rings is 1. The fraction of sp³-hybridized carbons (Fsp3) is 0.467. The summed E-state index contributed by atoms with van der Waals surface area (Å²) in [6.45, 7) is 4.49. The number of hydrogen-bond acceptors (Lipinski definition) is 4. The average molecular weight is 295 g/mol. The standard InChI is InChI=1S/C15H21NO3S/c1-3-9-16-13(11-20(17,18)4-2)15-10-12-7-5-6-8-14(12)19-15/h5-8,10,13,16H,3-4,9,11H2,1-2H3. The van der Waals surface area contributed by atoms with Crippen molar-refractivity contribution >= 4 is 20.8 Å². The molecule has 1 unspecified atom stereocenters. The highest BCUT2D eigenvalue weighted by Gasteiger charge is 2.22. The van der Waals surface area contributed by atoms with Crippen molar-refractivity contribution in [1.82, 2.24) is 5.32 Å². The first-order chi connectivity index (χ1) is 9.55. The van der Waals surface area contributed by atoms with Crippen LogP contribution in [0.3, 0.4) is 0 Å². The van der Waals surface area contributed by atoms with E-state index in [9.17, 15) is 8.42 Å². The van der Waals surface area contributed by atoms with E-state index in [0.29, 0.717) is 5.76 Å². The van der Waals surface area contributed by atoms with Gasteiger partial charge in [-0.3, -0.25) is 0 Å². The molecule has 0 saturated heterocycles. The van der Waals surface area contributed by atoms with Crippen LogP contribution >= 0.6 is 0 Å². The van der Waals surface area contributed by atoms with Crippen LogP contribution in [0.1, 0.15) is 32.1 Å². The molecular weight excluding hydrogens is 274 g/mol. The summed E-state index contributed by atoms with van der Waals surface area (Å²) in [5.74, 6) is 0.914. The molecular formula is C15H21NO3S. The Morgan fingerprint density at radius 2 is 2.00 bits per heavy atom. The third-order valence-corrected chi connectivity index (χ3v) is 5.01. The molecule has 1 atom stereocenters. The first-order valence-electron chi connectivity index (χ1n) is 6.98. The van der Waals surface area contributed by atoms with E-state index in [1.54, 1.807) is 6.92 Å². The summed E-state index contributed by atoms with van der Waals surface area (Å²) in [5.41, 5.74) is 0.791. The topological polar surface area (TPSA) is 59.3 Å². The van der Waals surface area contributed by atoms with Crippen LogP contribution < -0.4 is 5.32 Å². The summed E-state index contributed by atoms with van der Waals surface area (Å²) in [6, 6.07) is 9.35. The highest BCUT2D eigenvalue weighted by atomic mass is 32.2. The van der Waals surface area contributed by atoms with Crippen molar-refractivity contribution in [3.8, 4) is 0 Å². The molecule has 110 valence electrons. The summed E-state index contributed by atoms with van der Waals surface area (Å²) in [7, 11) is -3.06. The van der Waals surface area contributed by atoms with Gasteiger partial charge in [0.25, 0.3) is 0 Å². The van der Waals surface area contributed by atoms with Crippen LogP contribution in [-0.2, 0) is 9.84 Å². The first kappa shape index (κ1) is 15.1. The highest BCUT2D eigenvalue weighted by molar-refractivity contribution is 7.91. The molecule has 5 heteroatoms. The van der Waals surface area contributed by atoms with Crippen LogP contribution in [0, 0.1) is 0 Å². The second-order valence-corrected chi connectivity index (χ2v) is 7.29. The van der Waals surface area contributed by atoms with Gasteiger partial charge in [-0.15, -0.1) is 0 Å². The van der Waals surface area contributed by atoms with Gasteiger partial charge in [0, 0.05) is 11.1 Å². The van der Waals surface area contributed by atoms with Gasteiger partial charge in [0.05, 0.1) is 11.8 Å². The van der Waals surface area contributed by atoms with Crippen LogP contribution in [0.2, 0.25) is 0 Å². The van der Waals surface area contributed by atoms with Crippen molar-refractivity contribution in [3.05, 3.63) is 36.1 Å². The zero-order valence-electron chi connectivity index (χ0n) is 11.9. The molecule has 0 fully saturated rings. The summed E-state index contributed by atoms with van der Waals surface area (Å²) < 4.78 is 29.6. The Morgan fingerprint density at radius 1 is 1.25 bits per heavy atom. The van der Waals surface area contributed by atoms with Crippen molar-refractivity contribution in [2.24, 2.45) is 0 Å². The minimum atomic E-state index is -3.06. The van der Waals surface area contributed by atoms with Gasteiger partial charge in [-0.25, -0.2) is 8.42 Å². The van der Waals surface area contributed by atoms with Crippen molar-refractivity contribution in [2.75, 3.05) is 18.1 Å². The molecule has 20 heavy (non-hydrogen) atoms. The molecule has 0 aliphatic carbocycles. The van der Waals surface area contributed by atoms with Crippen LogP contribution in [0.25, 0.3) is 11.0 Å². The highest BCUT2D eigenvalue weighted by Crippen LogP contribution is 2.25. The average Bonchev–Trinajstić information content (AvgIpc) is 2.87. The van der Waals surface area contributed by atoms with E-state index in [-0.39, 0.29) is 17.5 Å². The van der Waals surface area contributed by atoms with E-state index in [1.165, 1.54) is 0 Å².